The van der Waals surface area contributed by atoms with Gasteiger partial charge in [-0.2, -0.15) is 5.10 Å². The van der Waals surface area contributed by atoms with Crippen LogP contribution in [0.1, 0.15) is 34.0 Å². The molecule has 198 valence electrons. The Morgan fingerprint density at radius 2 is 1.35 bits per heavy atom. The van der Waals surface area contributed by atoms with Crippen LogP contribution in [0.3, 0.4) is 0 Å². The number of non-ortho nitro benzene ring substituents is 1. The number of rotatable bonds is 8. The number of nitro benzene ring substituents is 1. The first-order chi connectivity index (χ1) is 19.4. The van der Waals surface area contributed by atoms with Gasteiger partial charge >= 0.3 is 0 Å². The van der Waals surface area contributed by atoms with Gasteiger partial charge in [0.05, 0.1) is 17.1 Å². The predicted octanol–water partition coefficient (Wildman–Crippen LogP) is 6.95. The Hall–Kier alpha value is -5.30. The SMILES string of the molecule is Cc1cc(/C=N\NC(=O)C(c2ccccc2)c2ccccc2)c(C)n1-c1ccc(-c2ccc([N+](=O)[O-])cc2)cc1. The highest BCUT2D eigenvalue weighted by molar-refractivity contribution is 5.89. The van der Waals surface area contributed by atoms with Crippen LogP contribution in [0.2, 0.25) is 0 Å². The summed E-state index contributed by atoms with van der Waals surface area (Å²) in [5.74, 6) is -0.675. The number of amides is 1. The van der Waals surface area contributed by atoms with Crippen LogP contribution < -0.4 is 5.43 Å². The number of hydrogen-bond donors (Lipinski definition) is 1. The summed E-state index contributed by atoms with van der Waals surface area (Å²) in [6.07, 6.45) is 1.68. The van der Waals surface area contributed by atoms with Gasteiger partial charge in [-0.3, -0.25) is 14.9 Å². The van der Waals surface area contributed by atoms with Crippen LogP contribution in [0.5, 0.6) is 0 Å². The molecule has 7 heteroatoms. The van der Waals surface area contributed by atoms with E-state index in [4.69, 9.17) is 0 Å². The summed E-state index contributed by atoms with van der Waals surface area (Å²) in [4.78, 5) is 23.8. The summed E-state index contributed by atoms with van der Waals surface area (Å²) < 4.78 is 2.12. The predicted molar refractivity (Wildman–Crippen MR) is 158 cm³/mol. The summed E-state index contributed by atoms with van der Waals surface area (Å²) >= 11 is 0. The van der Waals surface area contributed by atoms with Gasteiger partial charge in [0.15, 0.2) is 0 Å². The molecule has 1 N–H and O–H groups in total. The number of aryl methyl sites for hydroxylation is 1. The van der Waals surface area contributed by atoms with Crippen molar-refractivity contribution < 1.29 is 9.72 Å². The van der Waals surface area contributed by atoms with Crippen LogP contribution in [0.4, 0.5) is 5.69 Å². The maximum atomic E-state index is 13.3. The fourth-order valence-electron chi connectivity index (χ4n) is 4.91. The number of carbonyl (C=O) groups excluding carboxylic acids is 1. The van der Waals surface area contributed by atoms with Gasteiger partial charge in [0.2, 0.25) is 0 Å². The molecule has 4 aromatic carbocycles. The molecule has 0 fully saturated rings. The minimum absolute atomic E-state index is 0.0694. The highest BCUT2D eigenvalue weighted by Crippen LogP contribution is 2.27. The molecule has 0 radical (unpaired) electrons. The quantitative estimate of drug-likeness (QED) is 0.134. The van der Waals surface area contributed by atoms with E-state index in [1.54, 1.807) is 18.3 Å². The van der Waals surface area contributed by atoms with E-state index in [1.807, 2.05) is 105 Å². The Morgan fingerprint density at radius 3 is 1.88 bits per heavy atom. The van der Waals surface area contributed by atoms with E-state index >= 15 is 0 Å². The lowest BCUT2D eigenvalue weighted by atomic mass is 9.91. The number of hydrogen-bond acceptors (Lipinski definition) is 4. The van der Waals surface area contributed by atoms with Crippen molar-refractivity contribution in [1.29, 1.82) is 0 Å². The smallest absolute Gasteiger partial charge is 0.269 e. The fraction of sp³-hybridized carbons (Fsp3) is 0.0909. The third-order valence-corrected chi connectivity index (χ3v) is 6.91. The van der Waals surface area contributed by atoms with Crippen molar-refractivity contribution in [3.8, 4) is 16.8 Å². The Balaban J connectivity index is 1.33. The minimum atomic E-state index is -0.471. The number of nitrogens with one attached hydrogen (secondary N) is 1. The Morgan fingerprint density at radius 1 is 0.825 bits per heavy atom. The Labute approximate surface area is 232 Å². The average Bonchev–Trinajstić information content (AvgIpc) is 3.26. The molecule has 0 aliphatic carbocycles. The molecule has 5 aromatic rings. The summed E-state index contributed by atoms with van der Waals surface area (Å²) in [7, 11) is 0. The van der Waals surface area contributed by atoms with Gasteiger partial charge in [0, 0.05) is 34.8 Å². The van der Waals surface area contributed by atoms with Crippen molar-refractivity contribution in [3.05, 3.63) is 153 Å². The molecule has 1 heterocycles. The lowest BCUT2D eigenvalue weighted by molar-refractivity contribution is -0.384. The van der Waals surface area contributed by atoms with Crippen molar-refractivity contribution in [3.63, 3.8) is 0 Å². The van der Waals surface area contributed by atoms with Gasteiger partial charge < -0.3 is 4.57 Å². The molecular weight excluding hydrogens is 500 g/mol. The standard InChI is InChI=1S/C33H28N4O3/c1-23-21-29(22-34-35-33(38)32(27-9-5-3-6-10-27)28-11-7-4-8-12-28)24(2)36(23)30-17-13-25(14-18-30)26-15-19-31(20-16-26)37(39)40/h3-22,32H,1-2H3,(H,35,38)/b34-22-. The summed E-state index contributed by atoms with van der Waals surface area (Å²) in [5.41, 5.74) is 10.4. The van der Waals surface area contributed by atoms with Crippen molar-refractivity contribution in [1.82, 2.24) is 9.99 Å². The number of nitro groups is 1. The second-order valence-corrected chi connectivity index (χ2v) is 9.50. The monoisotopic (exact) mass is 528 g/mol. The highest BCUT2D eigenvalue weighted by atomic mass is 16.6. The van der Waals surface area contributed by atoms with Gasteiger partial charge in [-0.05, 0) is 66.4 Å². The zero-order valence-electron chi connectivity index (χ0n) is 22.2. The van der Waals surface area contributed by atoms with Crippen LogP contribution in [-0.4, -0.2) is 21.6 Å². The molecule has 0 saturated heterocycles. The molecule has 7 nitrogen and oxygen atoms in total. The number of benzene rings is 4. The summed E-state index contributed by atoms with van der Waals surface area (Å²) in [6, 6.07) is 35.9. The molecule has 1 aromatic heterocycles. The zero-order chi connectivity index (χ0) is 28.1. The fourth-order valence-corrected chi connectivity index (χ4v) is 4.91. The van der Waals surface area contributed by atoms with Crippen LogP contribution >= 0.6 is 0 Å². The molecular formula is C33H28N4O3. The first kappa shape index (κ1) is 26.3. The maximum Gasteiger partial charge on any atom is 0.269 e. The Kier molecular flexibility index (Phi) is 7.64. The molecule has 0 aliphatic rings. The van der Waals surface area contributed by atoms with E-state index < -0.39 is 10.8 Å². The zero-order valence-corrected chi connectivity index (χ0v) is 22.2. The number of nitrogens with zero attached hydrogens (tertiary/aromatic N) is 3. The molecule has 0 unspecified atom stereocenters. The maximum absolute atomic E-state index is 13.3. The van der Waals surface area contributed by atoms with Crippen LogP contribution in [0.25, 0.3) is 16.8 Å². The first-order valence-corrected chi connectivity index (χ1v) is 12.9. The van der Waals surface area contributed by atoms with E-state index in [9.17, 15) is 14.9 Å². The normalized spacial score (nSPS) is 11.2. The van der Waals surface area contributed by atoms with Crippen LogP contribution in [0.15, 0.2) is 120 Å². The van der Waals surface area contributed by atoms with Gasteiger partial charge in [-0.15, -0.1) is 0 Å². The van der Waals surface area contributed by atoms with Crippen molar-refractivity contribution in [2.75, 3.05) is 0 Å². The lowest BCUT2D eigenvalue weighted by Crippen LogP contribution is -2.26. The van der Waals surface area contributed by atoms with Crippen molar-refractivity contribution in [2.45, 2.75) is 19.8 Å². The molecule has 0 bridgehead atoms. The second-order valence-electron chi connectivity index (χ2n) is 9.50. The number of hydrazone groups is 1. The summed E-state index contributed by atoms with van der Waals surface area (Å²) in [6.45, 7) is 4.03. The molecule has 1 amide bonds. The van der Waals surface area contributed by atoms with Crippen LogP contribution in [0, 0.1) is 24.0 Å². The van der Waals surface area contributed by atoms with E-state index in [0.717, 1.165) is 44.9 Å². The first-order valence-electron chi connectivity index (χ1n) is 12.9. The van der Waals surface area contributed by atoms with E-state index in [-0.39, 0.29) is 11.6 Å². The van der Waals surface area contributed by atoms with E-state index in [2.05, 4.69) is 15.1 Å². The second kappa shape index (κ2) is 11.6. The van der Waals surface area contributed by atoms with Crippen molar-refractivity contribution in [2.24, 2.45) is 5.10 Å². The van der Waals surface area contributed by atoms with Gasteiger partial charge in [0.1, 0.15) is 0 Å². The molecule has 0 spiro atoms. The highest BCUT2D eigenvalue weighted by Gasteiger charge is 2.22. The van der Waals surface area contributed by atoms with Gasteiger partial charge in [-0.1, -0.05) is 72.8 Å². The van der Waals surface area contributed by atoms with Crippen molar-refractivity contribution >= 4 is 17.8 Å². The van der Waals surface area contributed by atoms with Gasteiger partial charge in [-0.25, -0.2) is 5.43 Å². The Bertz CT molecular complexity index is 1620. The average molecular weight is 529 g/mol. The molecule has 0 atom stereocenters. The lowest BCUT2D eigenvalue weighted by Gasteiger charge is -2.16. The number of carbonyl (C=O) groups is 1. The molecule has 0 aliphatic heterocycles. The number of aromatic nitrogens is 1. The van der Waals surface area contributed by atoms with Crippen LogP contribution in [-0.2, 0) is 4.79 Å². The van der Waals surface area contributed by atoms with Gasteiger partial charge in [0.25, 0.3) is 11.6 Å². The molecule has 5 rings (SSSR count). The minimum Gasteiger partial charge on any atom is -0.318 e. The van der Waals surface area contributed by atoms with E-state index in [0.29, 0.717) is 0 Å². The molecule has 0 saturated carbocycles. The molecule has 40 heavy (non-hydrogen) atoms. The summed E-state index contributed by atoms with van der Waals surface area (Å²) in [5, 5.41) is 15.2. The van der Waals surface area contributed by atoms with E-state index in [1.165, 1.54) is 12.1 Å². The largest absolute Gasteiger partial charge is 0.318 e. The topological polar surface area (TPSA) is 89.5 Å². The third-order valence-electron chi connectivity index (χ3n) is 6.91. The third kappa shape index (κ3) is 5.59.